The number of ether oxygens (including phenoxy) is 1. The van der Waals surface area contributed by atoms with Gasteiger partial charge in [-0.1, -0.05) is 26.0 Å². The van der Waals surface area contributed by atoms with E-state index in [9.17, 15) is 9.59 Å². The third-order valence-electron chi connectivity index (χ3n) is 8.51. The fraction of sp³-hybridized carbons (Fsp3) is 0.472. The van der Waals surface area contributed by atoms with Gasteiger partial charge in [0.1, 0.15) is 11.6 Å². The van der Waals surface area contributed by atoms with E-state index in [0.29, 0.717) is 35.3 Å². The van der Waals surface area contributed by atoms with Crippen LogP contribution in [0.4, 0.5) is 22.9 Å². The fourth-order valence-corrected chi connectivity index (χ4v) is 6.16. The highest BCUT2D eigenvalue weighted by Gasteiger charge is 2.28. The maximum Gasteiger partial charge on any atom is 0.253 e. The average molecular weight is 615 g/mol. The lowest BCUT2D eigenvalue weighted by molar-refractivity contribution is 0.0626. The first kappa shape index (κ1) is 33.9. The maximum absolute atomic E-state index is 13.5. The fourth-order valence-electron chi connectivity index (χ4n) is 6.16. The summed E-state index contributed by atoms with van der Waals surface area (Å²) in [6, 6.07) is 15.7. The minimum Gasteiger partial charge on any atom is -0.492 e. The van der Waals surface area contributed by atoms with Crippen LogP contribution in [0.1, 0.15) is 73.2 Å². The summed E-state index contributed by atoms with van der Waals surface area (Å²) in [4.78, 5) is 37.0. The number of carbonyl (C=O) groups is 2. The molecule has 0 unspecified atom stereocenters. The summed E-state index contributed by atoms with van der Waals surface area (Å²) in [5, 5.41) is 6.88. The van der Waals surface area contributed by atoms with Gasteiger partial charge in [-0.15, -0.1) is 0 Å². The summed E-state index contributed by atoms with van der Waals surface area (Å²) in [7, 11) is 1.95. The number of benzene rings is 2. The third-order valence-corrected chi connectivity index (χ3v) is 8.51. The second kappa shape index (κ2) is 16.4. The molecule has 45 heavy (non-hydrogen) atoms. The van der Waals surface area contributed by atoms with Gasteiger partial charge in [0, 0.05) is 68.3 Å². The lowest BCUT2D eigenvalue weighted by Crippen LogP contribution is -2.47. The van der Waals surface area contributed by atoms with E-state index >= 15 is 0 Å². The van der Waals surface area contributed by atoms with Crippen molar-refractivity contribution in [1.29, 1.82) is 0 Å². The van der Waals surface area contributed by atoms with Gasteiger partial charge in [0.05, 0.1) is 18.0 Å². The Hall–Kier alpha value is -3.95. The second-order valence-corrected chi connectivity index (χ2v) is 11.4. The van der Waals surface area contributed by atoms with E-state index in [1.165, 1.54) is 6.42 Å². The van der Waals surface area contributed by atoms with E-state index in [-0.39, 0.29) is 11.7 Å². The molecule has 3 aromatic rings. The molecular formula is C36H50N6O3. The summed E-state index contributed by atoms with van der Waals surface area (Å²) < 4.78 is 5.99. The van der Waals surface area contributed by atoms with Crippen molar-refractivity contribution in [3.63, 3.8) is 0 Å². The molecule has 0 bridgehead atoms. The number of pyridine rings is 1. The quantitative estimate of drug-likeness (QED) is 0.267. The highest BCUT2D eigenvalue weighted by atomic mass is 16.5. The summed E-state index contributed by atoms with van der Waals surface area (Å²) >= 11 is 0. The van der Waals surface area contributed by atoms with E-state index in [0.717, 1.165) is 74.7 Å². The number of amides is 1. The van der Waals surface area contributed by atoms with Gasteiger partial charge in [0.25, 0.3) is 5.91 Å². The first-order valence-electron chi connectivity index (χ1n) is 16.4. The number of carbonyl (C=O) groups excluding carboxylic acids is 2. The molecule has 0 spiro atoms. The van der Waals surface area contributed by atoms with Crippen LogP contribution in [0.2, 0.25) is 0 Å². The van der Waals surface area contributed by atoms with Crippen LogP contribution < -0.4 is 20.3 Å². The van der Waals surface area contributed by atoms with Crippen LogP contribution in [0.25, 0.3) is 0 Å². The molecule has 1 amide bonds. The largest absolute Gasteiger partial charge is 0.492 e. The van der Waals surface area contributed by atoms with Gasteiger partial charge in [0.2, 0.25) is 0 Å². The van der Waals surface area contributed by atoms with Gasteiger partial charge in [-0.3, -0.25) is 14.5 Å². The summed E-state index contributed by atoms with van der Waals surface area (Å²) in [6.07, 6.45) is 5.02. The molecule has 2 aromatic carbocycles. The minimum atomic E-state index is 0.0165. The van der Waals surface area contributed by atoms with Crippen molar-refractivity contribution in [3.05, 3.63) is 71.4 Å². The van der Waals surface area contributed by atoms with Crippen LogP contribution in [-0.2, 0) is 0 Å². The van der Waals surface area contributed by atoms with Gasteiger partial charge < -0.3 is 25.2 Å². The number of ketones is 1. The Morgan fingerprint density at radius 1 is 1.02 bits per heavy atom. The number of nitrogens with zero attached hydrogens (tertiary/aromatic N) is 4. The van der Waals surface area contributed by atoms with Crippen LogP contribution in [-0.4, -0.2) is 85.4 Å². The van der Waals surface area contributed by atoms with E-state index in [2.05, 4.69) is 20.5 Å². The number of Topliss-reactive ketones (excluding diaryl/α,β-unsaturated/α-hetero) is 1. The maximum atomic E-state index is 13.5. The number of aromatic nitrogens is 1. The Balaban J connectivity index is 0.00000226. The van der Waals surface area contributed by atoms with Crippen LogP contribution in [0.3, 0.4) is 0 Å². The molecule has 9 heteroatoms. The van der Waals surface area contributed by atoms with Gasteiger partial charge >= 0.3 is 0 Å². The molecule has 2 fully saturated rings. The molecule has 0 aliphatic carbocycles. The van der Waals surface area contributed by atoms with Gasteiger partial charge in [-0.05, 0) is 89.0 Å². The number of piperidine rings is 1. The van der Waals surface area contributed by atoms with Crippen LogP contribution in [0.15, 0.2) is 54.7 Å². The summed E-state index contributed by atoms with van der Waals surface area (Å²) in [5.74, 6) is 1.31. The number of nitrogens with one attached hydrogen (secondary N) is 2. The molecule has 9 nitrogen and oxygen atoms in total. The molecule has 3 heterocycles. The number of likely N-dealkylation sites (tertiary alicyclic amines) is 1. The molecule has 2 saturated heterocycles. The van der Waals surface area contributed by atoms with Crippen molar-refractivity contribution in [2.45, 2.75) is 59.9 Å². The zero-order chi connectivity index (χ0) is 32.3. The Morgan fingerprint density at radius 3 is 2.51 bits per heavy atom. The predicted octanol–water partition coefficient (Wildman–Crippen LogP) is 6.43. The molecule has 5 rings (SSSR count). The second-order valence-electron chi connectivity index (χ2n) is 11.4. The lowest BCUT2D eigenvalue weighted by atomic mass is 10.0. The minimum absolute atomic E-state index is 0.0165. The molecule has 2 N–H and O–H groups in total. The Kier molecular flexibility index (Phi) is 12.4. The summed E-state index contributed by atoms with van der Waals surface area (Å²) in [5.41, 5.74) is 4.77. The van der Waals surface area contributed by atoms with Crippen molar-refractivity contribution in [2.24, 2.45) is 0 Å². The highest BCUT2D eigenvalue weighted by Crippen LogP contribution is 2.34. The average Bonchev–Trinajstić information content (AvgIpc) is 3.37. The number of hydrogen-bond donors (Lipinski definition) is 2. The molecular weight excluding hydrogens is 564 g/mol. The Labute approximate surface area is 269 Å². The summed E-state index contributed by atoms with van der Waals surface area (Å²) in [6.45, 7) is 15.9. The number of para-hydroxylation sites is 1. The zero-order valence-corrected chi connectivity index (χ0v) is 27.9. The highest BCUT2D eigenvalue weighted by molar-refractivity contribution is 6.00. The van der Waals surface area contributed by atoms with Crippen LogP contribution in [0, 0.1) is 6.92 Å². The van der Waals surface area contributed by atoms with E-state index in [1.54, 1.807) is 6.92 Å². The van der Waals surface area contributed by atoms with E-state index in [1.807, 2.05) is 99.3 Å². The zero-order valence-electron chi connectivity index (χ0n) is 27.9. The Morgan fingerprint density at radius 2 is 1.78 bits per heavy atom. The SMILES string of the molecule is CC.CCOc1cc(C(=O)N2CCC(N3CCCNCC3)CC2)ccc1Nc1cc(N(C)c2ccccc2C(C)=O)c(C)cn1. The van der Waals surface area contributed by atoms with Crippen molar-refractivity contribution in [3.8, 4) is 5.75 Å². The standard InChI is InChI=1S/C34H44N6O3.C2H6/c1-5-43-32-21-26(34(42)40-18-13-27(14-19-40)39-17-8-15-35-16-20-39)11-12-29(32)37-33-22-31(24(2)23-36-33)38(4)30-10-7-6-9-28(30)25(3)41;1-2/h6-7,9-12,21-23,27,35H,5,8,13-20H2,1-4H3,(H,36,37);1-2H3. The Bertz CT molecular complexity index is 1430. The van der Waals surface area contributed by atoms with Crippen molar-refractivity contribution < 1.29 is 14.3 Å². The van der Waals surface area contributed by atoms with Crippen molar-refractivity contribution in [1.82, 2.24) is 20.1 Å². The smallest absolute Gasteiger partial charge is 0.253 e. The van der Waals surface area contributed by atoms with Gasteiger partial charge in [-0.25, -0.2) is 4.98 Å². The monoisotopic (exact) mass is 614 g/mol. The molecule has 0 radical (unpaired) electrons. The van der Waals surface area contributed by atoms with Crippen molar-refractivity contribution >= 4 is 34.6 Å². The van der Waals surface area contributed by atoms with Crippen molar-refractivity contribution in [2.75, 3.05) is 63.1 Å². The molecule has 1 aromatic heterocycles. The molecule has 2 aliphatic heterocycles. The topological polar surface area (TPSA) is 90.0 Å². The molecule has 2 aliphatic rings. The van der Waals surface area contributed by atoms with E-state index in [4.69, 9.17) is 4.74 Å². The normalized spacial score (nSPS) is 15.8. The first-order valence-corrected chi connectivity index (χ1v) is 16.4. The number of aryl methyl sites for hydroxylation is 1. The number of anilines is 4. The van der Waals surface area contributed by atoms with Gasteiger partial charge in [-0.2, -0.15) is 0 Å². The lowest BCUT2D eigenvalue weighted by Gasteiger charge is -2.38. The van der Waals surface area contributed by atoms with Crippen LogP contribution >= 0.6 is 0 Å². The van der Waals surface area contributed by atoms with Crippen LogP contribution in [0.5, 0.6) is 5.75 Å². The third kappa shape index (κ3) is 8.41. The van der Waals surface area contributed by atoms with E-state index < -0.39 is 0 Å². The molecule has 0 atom stereocenters. The van der Waals surface area contributed by atoms with Gasteiger partial charge in [0.15, 0.2) is 5.78 Å². The number of hydrogen-bond acceptors (Lipinski definition) is 8. The first-order chi connectivity index (χ1) is 21.9. The molecule has 242 valence electrons. The molecule has 0 saturated carbocycles. The predicted molar refractivity (Wildman–Crippen MR) is 184 cm³/mol. The number of rotatable bonds is 9.